The van der Waals surface area contributed by atoms with E-state index in [2.05, 4.69) is 9.88 Å². The van der Waals surface area contributed by atoms with Gasteiger partial charge in [-0.15, -0.1) is 0 Å². The van der Waals surface area contributed by atoms with Gasteiger partial charge in [-0.05, 0) is 51.5 Å². The van der Waals surface area contributed by atoms with Crippen LogP contribution in [0.25, 0.3) is 0 Å². The van der Waals surface area contributed by atoms with E-state index in [-0.39, 0.29) is 18.5 Å². The molecule has 0 radical (unpaired) electrons. The quantitative estimate of drug-likeness (QED) is 0.906. The lowest BCUT2D eigenvalue weighted by Gasteiger charge is -2.28. The molecule has 1 aromatic heterocycles. The molecule has 138 valence electrons. The molecular weight excluding hydrogens is 333 g/mol. The molecule has 1 aliphatic carbocycles. The van der Waals surface area contributed by atoms with Gasteiger partial charge < -0.3 is 9.88 Å². The second kappa shape index (κ2) is 6.30. The molecule has 8 heteroatoms. The van der Waals surface area contributed by atoms with Crippen LogP contribution in [0.1, 0.15) is 55.4 Å². The van der Waals surface area contributed by atoms with Crippen LogP contribution >= 0.6 is 0 Å². The molecule has 1 aromatic rings. The summed E-state index contributed by atoms with van der Waals surface area (Å²) in [5.74, 6) is 0.506. The van der Waals surface area contributed by atoms with Gasteiger partial charge in [0.2, 0.25) is 5.91 Å². The maximum absolute atomic E-state index is 12.6. The number of nitrogens with one attached hydrogen (secondary N) is 1. The Bertz CT molecular complexity index is 633. The van der Waals surface area contributed by atoms with Gasteiger partial charge in [0.05, 0.1) is 17.8 Å². The number of carbonyl (C=O) groups is 1. The van der Waals surface area contributed by atoms with Crippen molar-refractivity contribution in [2.24, 2.45) is 0 Å². The summed E-state index contributed by atoms with van der Waals surface area (Å²) in [4.78, 5) is 23.7. The first-order valence-corrected chi connectivity index (χ1v) is 9.11. The Labute approximate surface area is 144 Å². The lowest BCUT2D eigenvalue weighted by atomic mass is 10.0. The van der Waals surface area contributed by atoms with E-state index in [4.69, 9.17) is 4.98 Å². The summed E-state index contributed by atoms with van der Waals surface area (Å²) in [6.45, 7) is -0.219. The third-order valence-corrected chi connectivity index (χ3v) is 5.62. The first-order chi connectivity index (χ1) is 11.9. The van der Waals surface area contributed by atoms with Gasteiger partial charge in [0, 0.05) is 12.2 Å². The molecule has 3 heterocycles. The first-order valence-electron chi connectivity index (χ1n) is 9.11. The van der Waals surface area contributed by atoms with Crippen LogP contribution in [-0.4, -0.2) is 57.5 Å². The average molecular weight is 356 g/mol. The molecule has 5 nitrogen and oxygen atoms in total. The zero-order valence-corrected chi connectivity index (χ0v) is 14.1. The SMILES string of the molecule is O=C1[C@H](N2CCC[C@H]2c2nc3c([nH]2)CCCC3)CCN1CC(F)(F)F. The fourth-order valence-corrected chi connectivity index (χ4v) is 4.49. The second-order valence-corrected chi connectivity index (χ2v) is 7.33. The molecule has 1 N–H and O–H groups in total. The van der Waals surface area contributed by atoms with E-state index >= 15 is 0 Å². The number of halogens is 3. The number of aromatic amines is 1. The number of alkyl halides is 3. The van der Waals surface area contributed by atoms with Crippen LogP contribution in [0, 0.1) is 0 Å². The minimum Gasteiger partial charge on any atom is -0.344 e. The summed E-state index contributed by atoms with van der Waals surface area (Å²) in [6.07, 6.45) is 2.28. The number of fused-ring (bicyclic) bond motifs is 1. The molecule has 2 saturated heterocycles. The van der Waals surface area contributed by atoms with Crippen molar-refractivity contribution in [3.63, 3.8) is 0 Å². The minimum absolute atomic E-state index is 0.0189. The van der Waals surface area contributed by atoms with Crippen molar-refractivity contribution in [2.45, 2.75) is 63.2 Å². The van der Waals surface area contributed by atoms with E-state index in [0.717, 1.165) is 61.5 Å². The number of amides is 1. The largest absolute Gasteiger partial charge is 0.406 e. The summed E-state index contributed by atoms with van der Waals surface area (Å²) in [6, 6.07) is -0.428. The van der Waals surface area contributed by atoms with E-state index in [1.54, 1.807) is 0 Å². The number of likely N-dealkylation sites (tertiary alicyclic amines) is 2. The summed E-state index contributed by atoms with van der Waals surface area (Å²) in [7, 11) is 0. The van der Waals surface area contributed by atoms with Gasteiger partial charge in [-0.2, -0.15) is 13.2 Å². The second-order valence-electron chi connectivity index (χ2n) is 7.33. The highest BCUT2D eigenvalue weighted by Crippen LogP contribution is 2.36. The Kier molecular flexibility index (Phi) is 4.25. The molecule has 25 heavy (non-hydrogen) atoms. The van der Waals surface area contributed by atoms with Crippen molar-refractivity contribution in [3.05, 3.63) is 17.2 Å². The van der Waals surface area contributed by atoms with Crippen LogP contribution in [0.5, 0.6) is 0 Å². The van der Waals surface area contributed by atoms with Crippen LogP contribution in [0.4, 0.5) is 13.2 Å². The summed E-state index contributed by atoms with van der Waals surface area (Å²) in [5, 5.41) is 0. The monoisotopic (exact) mass is 356 g/mol. The first kappa shape index (κ1) is 16.9. The third-order valence-electron chi connectivity index (χ3n) is 5.62. The summed E-state index contributed by atoms with van der Waals surface area (Å²) in [5.41, 5.74) is 2.33. The van der Waals surface area contributed by atoms with Gasteiger partial charge in [-0.25, -0.2) is 4.98 Å². The lowest BCUT2D eigenvalue weighted by Crippen LogP contribution is -2.44. The molecule has 4 rings (SSSR count). The van der Waals surface area contributed by atoms with Crippen LogP contribution in [0.3, 0.4) is 0 Å². The fraction of sp³-hybridized carbons (Fsp3) is 0.765. The standard InChI is InChI=1S/C17H23F3N4O/c18-17(19,20)10-23-9-7-14(16(23)25)24-8-3-6-13(24)15-21-11-4-1-2-5-12(11)22-15/h13-14H,1-10H2,(H,21,22)/t13-,14+/m0/s1. The van der Waals surface area contributed by atoms with Gasteiger partial charge in [0.15, 0.2) is 0 Å². The molecule has 0 bridgehead atoms. The molecule has 1 amide bonds. The normalized spacial score (nSPS) is 28.0. The molecule has 0 aromatic carbocycles. The Morgan fingerprint density at radius 3 is 2.64 bits per heavy atom. The predicted molar refractivity (Wildman–Crippen MR) is 85.0 cm³/mol. The van der Waals surface area contributed by atoms with Gasteiger partial charge in [-0.3, -0.25) is 9.69 Å². The van der Waals surface area contributed by atoms with Crippen LogP contribution in [-0.2, 0) is 17.6 Å². The fourth-order valence-electron chi connectivity index (χ4n) is 4.49. The van der Waals surface area contributed by atoms with Gasteiger partial charge in [0.25, 0.3) is 0 Å². The predicted octanol–water partition coefficient (Wildman–Crippen LogP) is 2.59. The van der Waals surface area contributed by atoms with Gasteiger partial charge in [0.1, 0.15) is 12.4 Å². The maximum Gasteiger partial charge on any atom is 0.406 e. The molecule has 0 unspecified atom stereocenters. The number of imidazole rings is 1. The van der Waals surface area contributed by atoms with E-state index < -0.39 is 18.8 Å². The smallest absolute Gasteiger partial charge is 0.344 e. The van der Waals surface area contributed by atoms with Crippen LogP contribution in [0.15, 0.2) is 0 Å². The average Bonchev–Trinajstić information content (AvgIpc) is 3.24. The highest BCUT2D eigenvalue weighted by molar-refractivity contribution is 5.84. The molecule has 2 aliphatic heterocycles. The van der Waals surface area contributed by atoms with Crippen molar-refractivity contribution < 1.29 is 18.0 Å². The zero-order chi connectivity index (χ0) is 17.6. The molecule has 0 spiro atoms. The number of hydrogen-bond donors (Lipinski definition) is 1. The Hall–Kier alpha value is -1.57. The van der Waals surface area contributed by atoms with Crippen LogP contribution in [0.2, 0.25) is 0 Å². The Morgan fingerprint density at radius 1 is 1.08 bits per heavy atom. The molecule has 2 atom stereocenters. The van der Waals surface area contributed by atoms with Crippen molar-refractivity contribution in [3.8, 4) is 0 Å². The Balaban J connectivity index is 1.50. The van der Waals surface area contributed by atoms with Crippen molar-refractivity contribution in [1.82, 2.24) is 19.8 Å². The molecule has 2 fully saturated rings. The van der Waals surface area contributed by atoms with Crippen molar-refractivity contribution >= 4 is 5.91 Å². The number of carbonyl (C=O) groups excluding carboxylic acids is 1. The number of H-pyrrole nitrogens is 1. The summed E-state index contributed by atoms with van der Waals surface area (Å²) < 4.78 is 37.9. The minimum atomic E-state index is -4.34. The van der Waals surface area contributed by atoms with Crippen molar-refractivity contribution in [2.75, 3.05) is 19.6 Å². The van der Waals surface area contributed by atoms with Gasteiger partial charge in [-0.1, -0.05) is 0 Å². The van der Waals surface area contributed by atoms with Crippen LogP contribution < -0.4 is 0 Å². The lowest BCUT2D eigenvalue weighted by molar-refractivity contribution is -0.159. The molecule has 3 aliphatic rings. The highest BCUT2D eigenvalue weighted by Gasteiger charge is 2.45. The summed E-state index contributed by atoms with van der Waals surface area (Å²) >= 11 is 0. The number of aryl methyl sites for hydroxylation is 2. The van der Waals surface area contributed by atoms with E-state index in [1.165, 1.54) is 5.69 Å². The van der Waals surface area contributed by atoms with E-state index in [9.17, 15) is 18.0 Å². The highest BCUT2D eigenvalue weighted by atomic mass is 19.4. The maximum atomic E-state index is 12.6. The topological polar surface area (TPSA) is 52.2 Å². The number of rotatable bonds is 3. The zero-order valence-electron chi connectivity index (χ0n) is 14.1. The number of nitrogens with zero attached hydrogens (tertiary/aromatic N) is 3. The number of hydrogen-bond acceptors (Lipinski definition) is 3. The third kappa shape index (κ3) is 3.28. The number of aromatic nitrogens is 2. The Morgan fingerprint density at radius 2 is 1.88 bits per heavy atom. The van der Waals surface area contributed by atoms with E-state index in [1.807, 2.05) is 0 Å². The molecule has 0 saturated carbocycles. The van der Waals surface area contributed by atoms with Gasteiger partial charge >= 0.3 is 6.18 Å². The van der Waals surface area contributed by atoms with E-state index in [0.29, 0.717) is 6.42 Å². The van der Waals surface area contributed by atoms with Crippen molar-refractivity contribution in [1.29, 1.82) is 0 Å². The molecular formula is C17H23F3N4O.